The van der Waals surface area contributed by atoms with E-state index in [1.165, 1.54) is 6.26 Å². The number of aromatic nitrogens is 3. The molecule has 2 aromatic heterocycles. The minimum absolute atomic E-state index is 0.201. The maximum Gasteiger partial charge on any atom is 0.261 e. The van der Waals surface area contributed by atoms with Crippen molar-refractivity contribution in [3.8, 4) is 11.3 Å². The first-order chi connectivity index (χ1) is 14.1. The summed E-state index contributed by atoms with van der Waals surface area (Å²) < 4.78 is 10.3. The number of nitrogens with zero attached hydrogens (tertiary/aromatic N) is 3. The monoisotopic (exact) mass is 388 g/mol. The van der Waals surface area contributed by atoms with E-state index in [1.54, 1.807) is 0 Å². The molecule has 0 saturated carbocycles. The average Bonchev–Trinajstić information content (AvgIpc) is 3.40. The molecule has 0 aliphatic heterocycles. The van der Waals surface area contributed by atoms with Crippen molar-refractivity contribution in [3.63, 3.8) is 0 Å². The summed E-state index contributed by atoms with van der Waals surface area (Å²) >= 11 is 0. The number of rotatable bonds is 6. The summed E-state index contributed by atoms with van der Waals surface area (Å²) in [7, 11) is 0. The molecule has 0 aliphatic carbocycles. The minimum Gasteiger partial charge on any atom is -0.363 e. The second-order valence-electron chi connectivity index (χ2n) is 6.97. The molecule has 4 aromatic rings. The number of amides is 1. The number of hydrogen-bond donors (Lipinski definition) is 1. The lowest BCUT2D eigenvalue weighted by Crippen LogP contribution is -2.12. The first-order valence-electron chi connectivity index (χ1n) is 9.32. The lowest BCUT2D eigenvalue weighted by Gasteiger charge is -2.06. The molecule has 146 valence electrons. The predicted octanol–water partition coefficient (Wildman–Crippen LogP) is 4.69. The van der Waals surface area contributed by atoms with E-state index in [0.29, 0.717) is 35.1 Å². The number of hydrogen-bond acceptors (Lipinski definition) is 6. The predicted molar refractivity (Wildman–Crippen MR) is 108 cm³/mol. The molecular formula is C22H20N4O3. The Morgan fingerprint density at radius 1 is 1.03 bits per heavy atom. The van der Waals surface area contributed by atoms with E-state index in [1.807, 2.05) is 68.4 Å². The van der Waals surface area contributed by atoms with Crippen LogP contribution in [0, 0.1) is 0 Å². The second-order valence-corrected chi connectivity index (χ2v) is 6.97. The number of carbonyl (C=O) groups is 1. The summed E-state index contributed by atoms with van der Waals surface area (Å²) in [6, 6.07) is 17.0. The molecule has 0 radical (unpaired) electrons. The molecule has 0 atom stereocenters. The van der Waals surface area contributed by atoms with E-state index in [2.05, 4.69) is 20.6 Å². The van der Waals surface area contributed by atoms with Crippen LogP contribution >= 0.6 is 0 Å². The van der Waals surface area contributed by atoms with Gasteiger partial charge in [0.1, 0.15) is 17.5 Å². The lowest BCUT2D eigenvalue weighted by molar-refractivity contribution is 0.102. The van der Waals surface area contributed by atoms with Crippen molar-refractivity contribution >= 4 is 11.6 Å². The first-order valence-corrected chi connectivity index (χ1v) is 9.32. The molecule has 1 amide bonds. The third-order valence-corrected chi connectivity index (χ3v) is 4.41. The minimum atomic E-state index is -0.280. The summed E-state index contributed by atoms with van der Waals surface area (Å²) in [4.78, 5) is 17.1. The molecule has 2 aromatic carbocycles. The molecule has 4 rings (SSSR count). The van der Waals surface area contributed by atoms with Crippen LogP contribution < -0.4 is 5.32 Å². The Bertz CT molecular complexity index is 1100. The Kier molecular flexibility index (Phi) is 5.20. The van der Waals surface area contributed by atoms with Gasteiger partial charge in [-0.3, -0.25) is 4.79 Å². The van der Waals surface area contributed by atoms with Gasteiger partial charge in [0.15, 0.2) is 5.82 Å². The summed E-state index contributed by atoms with van der Waals surface area (Å²) in [6.07, 6.45) is 1.92. The van der Waals surface area contributed by atoms with E-state index in [-0.39, 0.29) is 11.8 Å². The molecule has 0 unspecified atom stereocenters. The van der Waals surface area contributed by atoms with E-state index in [4.69, 9.17) is 9.05 Å². The fourth-order valence-electron chi connectivity index (χ4n) is 2.86. The zero-order valence-electron chi connectivity index (χ0n) is 16.1. The molecule has 7 heteroatoms. The number of benzene rings is 2. The fourth-order valence-corrected chi connectivity index (χ4v) is 2.86. The van der Waals surface area contributed by atoms with Gasteiger partial charge in [-0.05, 0) is 17.7 Å². The average molecular weight is 388 g/mol. The van der Waals surface area contributed by atoms with Gasteiger partial charge in [-0.2, -0.15) is 4.98 Å². The molecule has 0 saturated heterocycles. The summed E-state index contributed by atoms with van der Waals surface area (Å²) in [5, 5.41) is 10.8. The maximum absolute atomic E-state index is 12.7. The number of nitrogens with one attached hydrogen (secondary N) is 1. The van der Waals surface area contributed by atoms with Crippen LogP contribution in [0.2, 0.25) is 0 Å². The Balaban J connectivity index is 1.44. The van der Waals surface area contributed by atoms with Crippen LogP contribution in [-0.2, 0) is 6.42 Å². The topological polar surface area (TPSA) is 94.1 Å². The van der Waals surface area contributed by atoms with E-state index in [9.17, 15) is 4.79 Å². The molecule has 2 heterocycles. The largest absolute Gasteiger partial charge is 0.363 e. The van der Waals surface area contributed by atoms with Gasteiger partial charge in [0.2, 0.25) is 5.89 Å². The highest BCUT2D eigenvalue weighted by Gasteiger charge is 2.17. The van der Waals surface area contributed by atoms with Gasteiger partial charge in [0.05, 0.1) is 0 Å². The van der Waals surface area contributed by atoms with Crippen LogP contribution in [0.15, 0.2) is 69.9 Å². The fraction of sp³-hybridized carbons (Fsp3) is 0.182. The SMILES string of the molecule is CC(C)c1nc(Cc2ccc(NC(=O)c3conc3-c3ccccc3)cc2)no1. The number of anilines is 1. The molecule has 0 fully saturated rings. The zero-order chi connectivity index (χ0) is 20.2. The zero-order valence-corrected chi connectivity index (χ0v) is 16.1. The Labute approximate surface area is 167 Å². The highest BCUT2D eigenvalue weighted by molar-refractivity contribution is 6.07. The number of carbonyl (C=O) groups excluding carboxylic acids is 1. The molecule has 0 bridgehead atoms. The Hall–Kier alpha value is -3.74. The van der Waals surface area contributed by atoms with Crippen molar-refractivity contribution in [2.45, 2.75) is 26.2 Å². The van der Waals surface area contributed by atoms with E-state index >= 15 is 0 Å². The molecule has 7 nitrogen and oxygen atoms in total. The molecule has 0 aliphatic rings. The van der Waals surface area contributed by atoms with Crippen LogP contribution in [0.3, 0.4) is 0 Å². The third kappa shape index (κ3) is 4.24. The maximum atomic E-state index is 12.7. The van der Waals surface area contributed by atoms with Crippen molar-refractivity contribution in [2.24, 2.45) is 0 Å². The highest BCUT2D eigenvalue weighted by atomic mass is 16.5. The quantitative estimate of drug-likeness (QED) is 0.515. The summed E-state index contributed by atoms with van der Waals surface area (Å²) in [5.74, 6) is 1.19. The van der Waals surface area contributed by atoms with Gasteiger partial charge in [-0.15, -0.1) is 0 Å². The van der Waals surface area contributed by atoms with Crippen molar-refractivity contribution in [3.05, 3.63) is 83.7 Å². The first kappa shape index (κ1) is 18.6. The summed E-state index contributed by atoms with van der Waals surface area (Å²) in [5.41, 5.74) is 3.41. The van der Waals surface area contributed by atoms with Gasteiger partial charge in [-0.1, -0.05) is 66.6 Å². The molecule has 0 spiro atoms. The van der Waals surface area contributed by atoms with Crippen molar-refractivity contribution in [1.82, 2.24) is 15.3 Å². The van der Waals surface area contributed by atoms with Crippen LogP contribution in [0.4, 0.5) is 5.69 Å². The molecule has 1 N–H and O–H groups in total. The Morgan fingerprint density at radius 2 is 1.79 bits per heavy atom. The lowest BCUT2D eigenvalue weighted by atomic mass is 10.1. The second kappa shape index (κ2) is 8.10. The van der Waals surface area contributed by atoms with Gasteiger partial charge in [0, 0.05) is 23.6 Å². The van der Waals surface area contributed by atoms with E-state index in [0.717, 1.165) is 11.1 Å². The van der Waals surface area contributed by atoms with Gasteiger partial charge >= 0.3 is 0 Å². The smallest absolute Gasteiger partial charge is 0.261 e. The van der Waals surface area contributed by atoms with Crippen molar-refractivity contribution < 1.29 is 13.8 Å². The van der Waals surface area contributed by atoms with Crippen LogP contribution in [0.1, 0.15) is 47.4 Å². The van der Waals surface area contributed by atoms with Gasteiger partial charge < -0.3 is 14.4 Å². The van der Waals surface area contributed by atoms with Crippen LogP contribution in [0.25, 0.3) is 11.3 Å². The van der Waals surface area contributed by atoms with Crippen molar-refractivity contribution in [2.75, 3.05) is 5.32 Å². The van der Waals surface area contributed by atoms with Gasteiger partial charge in [-0.25, -0.2) is 0 Å². The van der Waals surface area contributed by atoms with E-state index < -0.39 is 0 Å². The van der Waals surface area contributed by atoms with Crippen LogP contribution in [-0.4, -0.2) is 21.2 Å². The molecular weight excluding hydrogens is 368 g/mol. The van der Waals surface area contributed by atoms with Crippen LogP contribution in [0.5, 0.6) is 0 Å². The van der Waals surface area contributed by atoms with Crippen molar-refractivity contribution in [1.29, 1.82) is 0 Å². The third-order valence-electron chi connectivity index (χ3n) is 4.41. The normalized spacial score (nSPS) is 11.0. The molecule has 29 heavy (non-hydrogen) atoms. The van der Waals surface area contributed by atoms with Gasteiger partial charge in [0.25, 0.3) is 5.91 Å². The summed E-state index contributed by atoms with van der Waals surface area (Å²) in [6.45, 7) is 4.01. The standard InChI is InChI=1S/C22H20N4O3/c1-14(2)22-24-19(25-29-22)12-15-8-10-17(11-9-15)23-21(27)18-13-28-26-20(18)16-6-4-3-5-7-16/h3-11,13-14H,12H2,1-2H3,(H,23,27). The Morgan fingerprint density at radius 3 is 2.48 bits per heavy atom. The highest BCUT2D eigenvalue weighted by Crippen LogP contribution is 2.23.